The van der Waals surface area contributed by atoms with E-state index in [1.165, 1.54) is 0 Å². The normalized spacial score (nSPS) is 10.4. The molecule has 1 heterocycles. The van der Waals surface area contributed by atoms with Crippen LogP contribution in [0.25, 0.3) is 0 Å². The van der Waals surface area contributed by atoms with Crippen molar-refractivity contribution >= 4 is 11.6 Å². The van der Waals surface area contributed by atoms with Crippen LogP contribution < -0.4 is 4.74 Å². The maximum Gasteiger partial charge on any atom is 0.219 e. The number of hydrogen-bond donors (Lipinski definition) is 1. The number of para-hydroxylation sites is 1. The molecule has 94 valence electrons. The zero-order chi connectivity index (χ0) is 13.0. The molecule has 18 heavy (non-hydrogen) atoms. The summed E-state index contributed by atoms with van der Waals surface area (Å²) < 4.78 is 5.72. The minimum Gasteiger partial charge on any atom is -0.439 e. The van der Waals surface area contributed by atoms with Crippen molar-refractivity contribution in [1.29, 1.82) is 0 Å². The number of aliphatic hydroxyl groups excluding tert-OH is 1. The van der Waals surface area contributed by atoms with Crippen LogP contribution in [0.4, 0.5) is 0 Å². The van der Waals surface area contributed by atoms with Gasteiger partial charge in [0.1, 0.15) is 5.75 Å². The molecular weight excluding hydrogens is 250 g/mol. The lowest BCUT2D eigenvalue weighted by Gasteiger charge is -2.10. The maximum atomic E-state index is 9.11. The van der Waals surface area contributed by atoms with Crippen LogP contribution in [0.15, 0.2) is 36.4 Å². The third kappa shape index (κ3) is 2.81. The largest absolute Gasteiger partial charge is 0.439 e. The highest BCUT2D eigenvalue weighted by atomic mass is 35.5. The van der Waals surface area contributed by atoms with Gasteiger partial charge in [0.2, 0.25) is 5.88 Å². The quantitative estimate of drug-likeness (QED) is 0.917. The Morgan fingerprint density at radius 2 is 2.00 bits per heavy atom. The lowest BCUT2D eigenvalue weighted by molar-refractivity contribution is 0.275. The van der Waals surface area contributed by atoms with Crippen LogP contribution in [0.5, 0.6) is 11.6 Å². The molecule has 0 fully saturated rings. The zero-order valence-electron chi connectivity index (χ0n) is 10.1. The monoisotopic (exact) mass is 263 g/mol. The van der Waals surface area contributed by atoms with Gasteiger partial charge in [0.25, 0.3) is 0 Å². The van der Waals surface area contributed by atoms with Gasteiger partial charge in [-0.1, -0.05) is 36.7 Å². The van der Waals surface area contributed by atoms with E-state index in [4.69, 9.17) is 21.4 Å². The summed E-state index contributed by atoms with van der Waals surface area (Å²) in [4.78, 5) is 4.16. The van der Waals surface area contributed by atoms with Crippen LogP contribution in [0.1, 0.15) is 18.2 Å². The number of aliphatic hydroxyl groups is 1. The van der Waals surface area contributed by atoms with Crippen LogP contribution in [0.2, 0.25) is 5.02 Å². The van der Waals surface area contributed by atoms with Crippen molar-refractivity contribution in [2.24, 2.45) is 0 Å². The number of benzene rings is 1. The molecule has 3 nitrogen and oxygen atoms in total. The Morgan fingerprint density at radius 1 is 1.22 bits per heavy atom. The molecular formula is C14H14ClNO2. The summed E-state index contributed by atoms with van der Waals surface area (Å²) in [5.41, 5.74) is 1.53. The highest BCUT2D eigenvalue weighted by Gasteiger charge is 2.06. The molecule has 0 atom stereocenters. The first-order valence-electron chi connectivity index (χ1n) is 5.76. The summed E-state index contributed by atoms with van der Waals surface area (Å²) in [7, 11) is 0. The average molecular weight is 264 g/mol. The van der Waals surface area contributed by atoms with Crippen molar-refractivity contribution in [3.8, 4) is 11.6 Å². The van der Waals surface area contributed by atoms with Gasteiger partial charge in [-0.25, -0.2) is 4.98 Å². The summed E-state index contributed by atoms with van der Waals surface area (Å²) in [6.07, 6.45) is 0.886. The van der Waals surface area contributed by atoms with Gasteiger partial charge in [-0.3, -0.25) is 0 Å². The fourth-order valence-corrected chi connectivity index (χ4v) is 1.81. The molecule has 0 aliphatic heterocycles. The predicted octanol–water partition coefficient (Wildman–Crippen LogP) is 3.58. The highest BCUT2D eigenvalue weighted by Crippen LogP contribution is 2.26. The molecule has 0 aliphatic carbocycles. The first-order valence-corrected chi connectivity index (χ1v) is 6.14. The zero-order valence-corrected chi connectivity index (χ0v) is 10.8. The Balaban J connectivity index is 2.28. The van der Waals surface area contributed by atoms with Crippen molar-refractivity contribution in [2.45, 2.75) is 20.0 Å². The number of nitrogens with zero attached hydrogens (tertiary/aromatic N) is 1. The standard InChI is InChI=1S/C14H14ClNO2/c1-2-10-5-3-4-6-13(10)18-14-8-7-11(15)12(9-17)16-14/h3-8,17H,2,9H2,1H3. The van der Waals surface area contributed by atoms with Crippen molar-refractivity contribution < 1.29 is 9.84 Å². The molecule has 0 saturated heterocycles. The van der Waals surface area contributed by atoms with Crippen LogP contribution >= 0.6 is 11.6 Å². The number of hydrogen-bond acceptors (Lipinski definition) is 3. The van der Waals surface area contributed by atoms with Crippen molar-refractivity contribution in [1.82, 2.24) is 4.98 Å². The lowest BCUT2D eigenvalue weighted by atomic mass is 10.1. The minimum atomic E-state index is -0.203. The third-order valence-corrected chi connectivity index (χ3v) is 2.96. The van der Waals surface area contributed by atoms with E-state index in [0.717, 1.165) is 17.7 Å². The van der Waals surface area contributed by atoms with Crippen molar-refractivity contribution in [2.75, 3.05) is 0 Å². The molecule has 2 rings (SSSR count). The van der Waals surface area contributed by atoms with Gasteiger partial charge in [-0.05, 0) is 24.1 Å². The second kappa shape index (κ2) is 5.85. The first-order chi connectivity index (χ1) is 8.74. The minimum absolute atomic E-state index is 0.203. The number of pyridine rings is 1. The predicted molar refractivity (Wildman–Crippen MR) is 71.1 cm³/mol. The summed E-state index contributed by atoms with van der Waals surface area (Å²) in [6.45, 7) is 1.86. The topological polar surface area (TPSA) is 42.4 Å². The van der Waals surface area contributed by atoms with E-state index in [0.29, 0.717) is 16.6 Å². The molecule has 0 saturated carbocycles. The van der Waals surface area contributed by atoms with Crippen LogP contribution in [-0.2, 0) is 13.0 Å². The van der Waals surface area contributed by atoms with Gasteiger partial charge in [-0.15, -0.1) is 0 Å². The van der Waals surface area contributed by atoms with Crippen LogP contribution in [0.3, 0.4) is 0 Å². The molecule has 0 aliphatic rings. The molecule has 2 aromatic rings. The summed E-state index contributed by atoms with van der Waals surface area (Å²) >= 11 is 5.88. The molecule has 0 radical (unpaired) electrons. The molecule has 0 spiro atoms. The van der Waals surface area contributed by atoms with Gasteiger partial charge in [0.05, 0.1) is 17.3 Å². The number of halogens is 1. The van der Waals surface area contributed by atoms with Crippen LogP contribution in [0, 0.1) is 0 Å². The van der Waals surface area contributed by atoms with E-state index in [2.05, 4.69) is 11.9 Å². The molecule has 4 heteroatoms. The number of ether oxygens (including phenoxy) is 1. The van der Waals surface area contributed by atoms with Gasteiger partial charge >= 0.3 is 0 Å². The van der Waals surface area contributed by atoms with Gasteiger partial charge in [0, 0.05) is 6.07 Å². The maximum absolute atomic E-state index is 9.11. The molecule has 0 unspecified atom stereocenters. The molecule has 0 bridgehead atoms. The summed E-state index contributed by atoms with van der Waals surface area (Å²) in [6, 6.07) is 11.2. The Hall–Kier alpha value is -1.58. The van der Waals surface area contributed by atoms with E-state index in [-0.39, 0.29) is 6.61 Å². The molecule has 0 amide bonds. The van der Waals surface area contributed by atoms with Crippen LogP contribution in [-0.4, -0.2) is 10.1 Å². The SMILES string of the molecule is CCc1ccccc1Oc1ccc(Cl)c(CO)n1. The van der Waals surface area contributed by atoms with Gasteiger partial charge < -0.3 is 9.84 Å². The van der Waals surface area contributed by atoms with E-state index < -0.39 is 0 Å². The Morgan fingerprint density at radius 3 is 2.72 bits per heavy atom. The fourth-order valence-electron chi connectivity index (χ4n) is 1.64. The smallest absolute Gasteiger partial charge is 0.219 e. The lowest BCUT2D eigenvalue weighted by Crippen LogP contribution is -1.96. The average Bonchev–Trinajstić information content (AvgIpc) is 2.41. The second-order valence-corrected chi connectivity index (χ2v) is 4.21. The second-order valence-electron chi connectivity index (χ2n) is 3.80. The number of rotatable bonds is 4. The molecule has 1 N–H and O–H groups in total. The third-order valence-electron chi connectivity index (χ3n) is 2.61. The van der Waals surface area contributed by atoms with Crippen molar-refractivity contribution in [3.63, 3.8) is 0 Å². The number of aromatic nitrogens is 1. The van der Waals surface area contributed by atoms with E-state index in [1.807, 2.05) is 24.3 Å². The van der Waals surface area contributed by atoms with E-state index >= 15 is 0 Å². The molecule has 1 aromatic heterocycles. The summed E-state index contributed by atoms with van der Waals surface area (Å²) in [5, 5.41) is 9.55. The summed E-state index contributed by atoms with van der Waals surface area (Å²) in [5.74, 6) is 1.21. The van der Waals surface area contributed by atoms with Gasteiger partial charge in [0.15, 0.2) is 0 Å². The van der Waals surface area contributed by atoms with Crippen molar-refractivity contribution in [3.05, 3.63) is 52.7 Å². The fraction of sp³-hybridized carbons (Fsp3) is 0.214. The first kappa shape index (κ1) is 12.9. The number of aryl methyl sites for hydroxylation is 1. The Kier molecular flexibility index (Phi) is 4.18. The highest BCUT2D eigenvalue weighted by molar-refractivity contribution is 6.31. The van der Waals surface area contributed by atoms with E-state index in [1.54, 1.807) is 12.1 Å². The van der Waals surface area contributed by atoms with E-state index in [9.17, 15) is 0 Å². The Bertz CT molecular complexity index is 543. The molecule has 1 aromatic carbocycles. The Labute approximate surface area is 111 Å². The van der Waals surface area contributed by atoms with Gasteiger partial charge in [-0.2, -0.15) is 0 Å².